The first-order valence-corrected chi connectivity index (χ1v) is 9.53. The maximum absolute atomic E-state index is 12.8. The molecular weight excluding hydrogens is 372 g/mol. The van der Waals surface area contributed by atoms with E-state index in [2.05, 4.69) is 4.98 Å². The Bertz CT molecular complexity index is 939. The summed E-state index contributed by atoms with van der Waals surface area (Å²) in [5.74, 6) is -0.480. The van der Waals surface area contributed by atoms with Gasteiger partial charge in [-0.05, 0) is 43.2 Å². The van der Waals surface area contributed by atoms with Gasteiger partial charge in [-0.3, -0.25) is 14.6 Å². The fraction of sp³-hybridized carbons (Fsp3) is 0.318. The van der Waals surface area contributed by atoms with Crippen molar-refractivity contribution in [1.29, 1.82) is 0 Å². The summed E-state index contributed by atoms with van der Waals surface area (Å²) in [4.78, 5) is 31.0. The quantitative estimate of drug-likeness (QED) is 0.439. The number of hydrogen-bond donors (Lipinski definition) is 1. The van der Waals surface area contributed by atoms with Crippen molar-refractivity contribution in [3.8, 4) is 11.5 Å². The van der Waals surface area contributed by atoms with Crippen LogP contribution in [-0.4, -0.2) is 46.9 Å². The highest BCUT2D eigenvalue weighted by Crippen LogP contribution is 2.41. The molecule has 1 unspecified atom stereocenters. The molecule has 1 fully saturated rings. The van der Waals surface area contributed by atoms with Crippen molar-refractivity contribution in [3.05, 3.63) is 59.4 Å². The van der Waals surface area contributed by atoms with Gasteiger partial charge in [0.2, 0.25) is 0 Å². The number of nitrogens with zero attached hydrogens (tertiary/aromatic N) is 2. The van der Waals surface area contributed by atoms with E-state index in [-0.39, 0.29) is 11.3 Å². The average Bonchev–Trinajstić information content (AvgIpc) is 2.99. The van der Waals surface area contributed by atoms with Crippen LogP contribution < -0.4 is 9.47 Å². The molecule has 1 aliphatic rings. The smallest absolute Gasteiger partial charge is 0.295 e. The zero-order chi connectivity index (χ0) is 21.0. The summed E-state index contributed by atoms with van der Waals surface area (Å²) in [6.07, 6.45) is 3.72. The van der Waals surface area contributed by atoms with Crippen LogP contribution in [-0.2, 0) is 9.59 Å². The maximum Gasteiger partial charge on any atom is 0.295 e. The zero-order valence-corrected chi connectivity index (χ0v) is 16.7. The van der Waals surface area contributed by atoms with Crippen LogP contribution in [0.3, 0.4) is 0 Å². The van der Waals surface area contributed by atoms with Gasteiger partial charge in [0, 0.05) is 24.5 Å². The highest BCUT2D eigenvalue weighted by atomic mass is 16.5. The van der Waals surface area contributed by atoms with Crippen LogP contribution in [0.25, 0.3) is 5.76 Å². The lowest BCUT2D eigenvalue weighted by Crippen LogP contribution is -2.30. The number of Topliss-reactive ketones (excluding diaryl/α,β-unsaturated/α-hetero) is 1. The minimum atomic E-state index is -0.715. The van der Waals surface area contributed by atoms with E-state index in [0.29, 0.717) is 42.2 Å². The molecule has 0 saturated carbocycles. The number of aliphatic hydroxyl groups is 1. The number of ether oxygens (including phenoxy) is 2. The van der Waals surface area contributed by atoms with Crippen LogP contribution >= 0.6 is 0 Å². The normalized spacial score (nSPS) is 18.2. The van der Waals surface area contributed by atoms with E-state index in [4.69, 9.17) is 9.47 Å². The predicted octanol–water partition coefficient (Wildman–Crippen LogP) is 3.32. The van der Waals surface area contributed by atoms with Gasteiger partial charge in [-0.15, -0.1) is 0 Å². The summed E-state index contributed by atoms with van der Waals surface area (Å²) in [5, 5.41) is 10.9. The Hall–Kier alpha value is -3.35. The number of hydrogen-bond acceptors (Lipinski definition) is 6. The zero-order valence-electron chi connectivity index (χ0n) is 16.7. The van der Waals surface area contributed by atoms with Gasteiger partial charge >= 0.3 is 0 Å². The summed E-state index contributed by atoms with van der Waals surface area (Å²) in [5.41, 5.74) is 1.15. The van der Waals surface area contributed by atoms with Crippen molar-refractivity contribution < 1.29 is 24.2 Å². The van der Waals surface area contributed by atoms with Crippen LogP contribution in [0, 0.1) is 0 Å². The van der Waals surface area contributed by atoms with Gasteiger partial charge in [0.25, 0.3) is 11.7 Å². The maximum atomic E-state index is 12.8. The SMILES string of the molecule is CCCN1C(=O)C(=O)/C(=C(\O)c2ccncc2)C1c1ccc(OC)c(OCC)c1. The van der Waals surface area contributed by atoms with Crippen molar-refractivity contribution in [2.75, 3.05) is 20.3 Å². The molecule has 1 aromatic carbocycles. The second-order valence-electron chi connectivity index (χ2n) is 6.57. The Labute approximate surface area is 169 Å². The Morgan fingerprint density at radius 1 is 1.14 bits per heavy atom. The molecule has 3 rings (SSSR count). The van der Waals surface area contributed by atoms with Crippen LogP contribution in [0.15, 0.2) is 48.3 Å². The molecule has 0 radical (unpaired) electrons. The third-order valence-corrected chi connectivity index (χ3v) is 4.76. The predicted molar refractivity (Wildman–Crippen MR) is 108 cm³/mol. The molecule has 2 aromatic rings. The summed E-state index contributed by atoms with van der Waals surface area (Å²) in [6, 6.07) is 7.74. The standard InChI is InChI=1S/C22H24N2O5/c1-4-12-24-19(15-6-7-16(28-3)17(13-15)29-5-2)18(21(26)22(24)27)20(25)14-8-10-23-11-9-14/h6-11,13,19,25H,4-5,12H2,1-3H3/b20-18-. The summed E-state index contributed by atoms with van der Waals surface area (Å²) in [6.45, 7) is 4.61. The monoisotopic (exact) mass is 396 g/mol. The Balaban J connectivity index is 2.19. The largest absolute Gasteiger partial charge is 0.507 e. The van der Waals surface area contributed by atoms with E-state index in [1.807, 2.05) is 13.8 Å². The van der Waals surface area contributed by atoms with Crippen molar-refractivity contribution in [1.82, 2.24) is 9.88 Å². The Morgan fingerprint density at radius 3 is 2.48 bits per heavy atom. The Kier molecular flexibility index (Phi) is 6.16. The third-order valence-electron chi connectivity index (χ3n) is 4.76. The number of likely N-dealkylation sites (tertiary alicyclic amines) is 1. The minimum absolute atomic E-state index is 0.0577. The van der Waals surface area contributed by atoms with E-state index < -0.39 is 17.7 Å². The van der Waals surface area contributed by atoms with Gasteiger partial charge in [0.05, 0.1) is 25.3 Å². The molecule has 7 heteroatoms. The highest BCUT2D eigenvalue weighted by molar-refractivity contribution is 6.46. The second kappa shape index (κ2) is 8.77. The first-order valence-electron chi connectivity index (χ1n) is 9.53. The molecule has 0 aliphatic carbocycles. The number of carbonyl (C=O) groups excluding carboxylic acids is 2. The molecule has 7 nitrogen and oxygen atoms in total. The van der Waals surface area contributed by atoms with E-state index in [1.165, 1.54) is 17.3 Å². The van der Waals surface area contributed by atoms with Gasteiger partial charge < -0.3 is 19.5 Å². The lowest BCUT2D eigenvalue weighted by molar-refractivity contribution is -0.139. The highest BCUT2D eigenvalue weighted by Gasteiger charge is 2.45. The molecule has 152 valence electrons. The molecule has 29 heavy (non-hydrogen) atoms. The van der Waals surface area contributed by atoms with E-state index in [0.717, 1.165) is 0 Å². The topological polar surface area (TPSA) is 89.0 Å². The number of benzene rings is 1. The van der Waals surface area contributed by atoms with Gasteiger partial charge in [0.15, 0.2) is 11.5 Å². The van der Waals surface area contributed by atoms with Crippen LogP contribution in [0.1, 0.15) is 37.4 Å². The molecule has 1 amide bonds. The van der Waals surface area contributed by atoms with E-state index in [9.17, 15) is 14.7 Å². The minimum Gasteiger partial charge on any atom is -0.507 e. The van der Waals surface area contributed by atoms with Gasteiger partial charge in [0.1, 0.15) is 5.76 Å². The number of pyridine rings is 1. The first kappa shape index (κ1) is 20.4. The second-order valence-corrected chi connectivity index (χ2v) is 6.57. The Morgan fingerprint density at radius 2 is 1.86 bits per heavy atom. The number of carbonyl (C=O) groups is 2. The average molecular weight is 396 g/mol. The number of aromatic nitrogens is 1. The van der Waals surface area contributed by atoms with Gasteiger partial charge in [-0.2, -0.15) is 0 Å². The summed E-state index contributed by atoms with van der Waals surface area (Å²) in [7, 11) is 1.55. The van der Waals surface area contributed by atoms with Crippen LogP contribution in [0.5, 0.6) is 11.5 Å². The molecule has 1 aromatic heterocycles. The fourth-order valence-corrected chi connectivity index (χ4v) is 3.50. The fourth-order valence-electron chi connectivity index (χ4n) is 3.50. The third kappa shape index (κ3) is 3.81. The molecule has 1 saturated heterocycles. The molecule has 1 N–H and O–H groups in total. The number of ketones is 1. The lowest BCUT2D eigenvalue weighted by Gasteiger charge is -2.25. The molecule has 1 aliphatic heterocycles. The summed E-state index contributed by atoms with van der Waals surface area (Å²) < 4.78 is 11.0. The van der Waals surface area contributed by atoms with E-state index in [1.54, 1.807) is 37.4 Å². The van der Waals surface area contributed by atoms with Gasteiger partial charge in [-0.1, -0.05) is 13.0 Å². The van der Waals surface area contributed by atoms with Crippen molar-refractivity contribution in [2.24, 2.45) is 0 Å². The van der Waals surface area contributed by atoms with Crippen molar-refractivity contribution >= 4 is 17.4 Å². The molecule has 2 heterocycles. The molecule has 0 spiro atoms. The molecular formula is C22H24N2O5. The number of aliphatic hydroxyl groups excluding tert-OH is 1. The van der Waals surface area contributed by atoms with Crippen LogP contribution in [0.4, 0.5) is 0 Å². The van der Waals surface area contributed by atoms with Crippen LogP contribution in [0.2, 0.25) is 0 Å². The number of amides is 1. The van der Waals surface area contributed by atoms with E-state index >= 15 is 0 Å². The first-order chi connectivity index (χ1) is 14.0. The summed E-state index contributed by atoms with van der Waals surface area (Å²) >= 11 is 0. The van der Waals surface area contributed by atoms with Crippen molar-refractivity contribution in [2.45, 2.75) is 26.3 Å². The van der Waals surface area contributed by atoms with Crippen molar-refractivity contribution in [3.63, 3.8) is 0 Å². The van der Waals surface area contributed by atoms with Gasteiger partial charge in [-0.25, -0.2) is 0 Å². The number of methoxy groups -OCH3 is 1. The molecule has 0 bridgehead atoms. The molecule has 1 atom stereocenters. The number of rotatable bonds is 7. The lowest BCUT2D eigenvalue weighted by atomic mass is 9.95.